The highest BCUT2D eigenvalue weighted by molar-refractivity contribution is 7.81. The minimum Gasteiger partial charge on any atom is -0.480 e. The van der Waals surface area contributed by atoms with Crippen molar-refractivity contribution in [2.45, 2.75) is 30.3 Å². The first-order valence-electron chi connectivity index (χ1n) is 3.35. The number of carboxylic acids is 1. The Morgan fingerprint density at radius 1 is 1.62 bits per heavy atom. The van der Waals surface area contributed by atoms with Gasteiger partial charge in [0.05, 0.1) is 0 Å². The quantitative estimate of drug-likeness (QED) is 0.619. The minimum atomic E-state index is -4.57. The van der Waals surface area contributed by atoms with Crippen molar-refractivity contribution in [2.75, 3.05) is 0 Å². The summed E-state index contributed by atoms with van der Waals surface area (Å²) in [5.41, 5.74) is 4.95. The molecule has 2 unspecified atom stereocenters. The molecule has 0 aliphatic carbocycles. The third-order valence-corrected chi connectivity index (χ3v) is 1.98. The first-order chi connectivity index (χ1) is 5.58. The molecule has 0 aliphatic rings. The monoisotopic (exact) mass is 217 g/mol. The van der Waals surface area contributed by atoms with Crippen LogP contribution in [0.4, 0.5) is 13.2 Å². The molecular weight excluding hydrogens is 207 g/mol. The lowest BCUT2D eigenvalue weighted by molar-refractivity contribution is -0.159. The van der Waals surface area contributed by atoms with Crippen LogP contribution in [-0.2, 0) is 4.79 Å². The predicted octanol–water partition coefficient (Wildman–Crippen LogP) is 1.04. The molecule has 0 heterocycles. The number of nitrogens with two attached hydrogens (primary N) is 1. The molecule has 0 saturated carbocycles. The van der Waals surface area contributed by atoms with E-state index in [2.05, 4.69) is 12.6 Å². The summed E-state index contributed by atoms with van der Waals surface area (Å²) in [4.78, 5) is 10.2. The number of carboxylic acid groups (broad SMARTS) is 1. The van der Waals surface area contributed by atoms with E-state index in [9.17, 15) is 18.0 Å². The van der Waals surface area contributed by atoms with E-state index in [4.69, 9.17) is 10.8 Å². The van der Waals surface area contributed by atoms with Crippen LogP contribution in [0.25, 0.3) is 0 Å². The van der Waals surface area contributed by atoms with Gasteiger partial charge in [0, 0.05) is 0 Å². The zero-order valence-electron chi connectivity index (χ0n) is 6.80. The topological polar surface area (TPSA) is 63.3 Å². The van der Waals surface area contributed by atoms with E-state index in [0.717, 1.165) is 6.92 Å². The molecule has 2 atom stereocenters. The number of thiol groups is 1. The van der Waals surface area contributed by atoms with Gasteiger partial charge in [-0.2, -0.15) is 25.8 Å². The third kappa shape index (κ3) is 3.43. The number of alkyl halides is 3. The van der Waals surface area contributed by atoms with E-state index in [1.165, 1.54) is 0 Å². The summed E-state index contributed by atoms with van der Waals surface area (Å²) in [5.74, 6) is -1.47. The Balaban J connectivity index is 4.43. The molecule has 78 valence electrons. The van der Waals surface area contributed by atoms with E-state index < -0.39 is 29.4 Å². The third-order valence-electron chi connectivity index (χ3n) is 1.55. The summed E-state index contributed by atoms with van der Waals surface area (Å²) in [5, 5.41) is 8.28. The van der Waals surface area contributed by atoms with Gasteiger partial charge in [-0.25, -0.2) is 0 Å². The van der Waals surface area contributed by atoms with Gasteiger partial charge in [0.2, 0.25) is 0 Å². The van der Waals surface area contributed by atoms with Crippen LogP contribution in [0.5, 0.6) is 0 Å². The Morgan fingerprint density at radius 2 is 2.00 bits per heavy atom. The van der Waals surface area contributed by atoms with Crippen molar-refractivity contribution < 1.29 is 23.1 Å². The largest absolute Gasteiger partial charge is 0.480 e. The van der Waals surface area contributed by atoms with E-state index in [0.29, 0.717) is 0 Å². The molecule has 0 amide bonds. The molecule has 0 rings (SSSR count). The van der Waals surface area contributed by atoms with Crippen molar-refractivity contribution in [1.82, 2.24) is 0 Å². The van der Waals surface area contributed by atoms with E-state index in [1.54, 1.807) is 0 Å². The lowest BCUT2D eigenvalue weighted by Gasteiger charge is -2.27. The first-order valence-corrected chi connectivity index (χ1v) is 3.80. The summed E-state index contributed by atoms with van der Waals surface area (Å²) < 4.78 is 34.0. The molecule has 3 nitrogen and oxygen atoms in total. The molecule has 7 heteroatoms. The Hall–Kier alpha value is -0.430. The van der Waals surface area contributed by atoms with Crippen LogP contribution >= 0.6 is 12.6 Å². The summed E-state index contributed by atoms with van der Waals surface area (Å²) in [7, 11) is 0. The Bertz CT molecular complexity index is 205. The second-order valence-corrected chi connectivity index (χ2v) is 3.91. The van der Waals surface area contributed by atoms with Gasteiger partial charge in [-0.1, -0.05) is 0 Å². The standard InChI is InChI=1S/C6H10F3NO2S/c1-5(13,6(7,8)9)2-3(10)4(11)12/h3,13H,2,10H2,1H3,(H,11,12). The second kappa shape index (κ2) is 3.75. The molecule has 0 aromatic rings. The van der Waals surface area contributed by atoms with Gasteiger partial charge in [0.15, 0.2) is 0 Å². The molecule has 3 N–H and O–H groups in total. The average Bonchev–Trinajstić information content (AvgIpc) is 1.83. The van der Waals surface area contributed by atoms with Crippen molar-refractivity contribution in [2.24, 2.45) is 5.73 Å². The van der Waals surface area contributed by atoms with Crippen molar-refractivity contribution in [3.05, 3.63) is 0 Å². The Morgan fingerprint density at radius 3 is 2.23 bits per heavy atom. The number of rotatable bonds is 3. The lowest BCUT2D eigenvalue weighted by Crippen LogP contribution is -2.45. The van der Waals surface area contributed by atoms with Crippen LogP contribution in [0.15, 0.2) is 0 Å². The second-order valence-electron chi connectivity index (χ2n) is 2.92. The SMILES string of the molecule is CC(S)(CC(N)C(=O)O)C(F)(F)F. The number of aliphatic carboxylic acids is 1. The van der Waals surface area contributed by atoms with E-state index in [-0.39, 0.29) is 0 Å². The fourth-order valence-electron chi connectivity index (χ4n) is 0.631. The highest BCUT2D eigenvalue weighted by Gasteiger charge is 2.49. The summed E-state index contributed by atoms with van der Waals surface area (Å²) in [6, 6.07) is -1.55. The molecule has 0 bridgehead atoms. The minimum absolute atomic E-state index is 0.755. The highest BCUT2D eigenvalue weighted by atomic mass is 32.1. The summed E-state index contributed by atoms with van der Waals surface area (Å²) >= 11 is 3.33. The molecular formula is C6H10F3NO2S. The van der Waals surface area contributed by atoms with Crippen molar-refractivity contribution in [3.8, 4) is 0 Å². The van der Waals surface area contributed by atoms with Crippen LogP contribution in [0.1, 0.15) is 13.3 Å². The molecule has 0 radical (unpaired) electrons. The molecule has 0 spiro atoms. The maximum absolute atomic E-state index is 12.1. The maximum atomic E-state index is 12.1. The van der Waals surface area contributed by atoms with Gasteiger partial charge in [-0.3, -0.25) is 4.79 Å². The molecule has 0 aromatic heterocycles. The average molecular weight is 217 g/mol. The van der Waals surface area contributed by atoms with E-state index >= 15 is 0 Å². The van der Waals surface area contributed by atoms with Crippen LogP contribution < -0.4 is 5.73 Å². The Labute approximate surface area is 78.5 Å². The van der Waals surface area contributed by atoms with Crippen LogP contribution in [0.3, 0.4) is 0 Å². The van der Waals surface area contributed by atoms with Gasteiger partial charge < -0.3 is 10.8 Å². The Kier molecular flexibility index (Phi) is 3.62. The van der Waals surface area contributed by atoms with Gasteiger partial charge in [-0.05, 0) is 13.3 Å². The smallest absolute Gasteiger partial charge is 0.402 e. The van der Waals surface area contributed by atoms with Crippen molar-refractivity contribution in [3.63, 3.8) is 0 Å². The normalized spacial score (nSPS) is 19.2. The van der Waals surface area contributed by atoms with Gasteiger partial charge in [0.25, 0.3) is 0 Å². The van der Waals surface area contributed by atoms with Gasteiger partial charge in [-0.15, -0.1) is 0 Å². The van der Waals surface area contributed by atoms with Crippen LogP contribution in [0.2, 0.25) is 0 Å². The van der Waals surface area contributed by atoms with E-state index in [1.807, 2.05) is 0 Å². The zero-order valence-corrected chi connectivity index (χ0v) is 7.69. The van der Waals surface area contributed by atoms with Crippen LogP contribution in [-0.4, -0.2) is 28.0 Å². The number of carbonyl (C=O) groups is 1. The maximum Gasteiger partial charge on any atom is 0.402 e. The first kappa shape index (κ1) is 12.6. The molecule has 0 aromatic carbocycles. The highest BCUT2D eigenvalue weighted by Crippen LogP contribution is 2.38. The summed E-state index contributed by atoms with van der Waals surface area (Å²) in [6.45, 7) is 0.791. The fourth-order valence-corrected chi connectivity index (χ4v) is 0.828. The van der Waals surface area contributed by atoms with Crippen LogP contribution in [0, 0.1) is 0 Å². The van der Waals surface area contributed by atoms with Gasteiger partial charge in [0.1, 0.15) is 10.8 Å². The molecule has 0 fully saturated rings. The number of hydrogen-bond donors (Lipinski definition) is 3. The molecule has 13 heavy (non-hydrogen) atoms. The van der Waals surface area contributed by atoms with Crippen molar-refractivity contribution >= 4 is 18.6 Å². The lowest BCUT2D eigenvalue weighted by atomic mass is 10.0. The summed E-state index contributed by atoms with van der Waals surface area (Å²) in [6.07, 6.45) is -5.32. The fraction of sp³-hybridized carbons (Fsp3) is 0.833. The number of hydrogen-bond acceptors (Lipinski definition) is 3. The predicted molar refractivity (Wildman–Crippen MR) is 43.7 cm³/mol. The van der Waals surface area contributed by atoms with Gasteiger partial charge >= 0.3 is 12.1 Å². The molecule has 0 aliphatic heterocycles. The molecule has 0 saturated heterocycles. The van der Waals surface area contributed by atoms with Crippen molar-refractivity contribution in [1.29, 1.82) is 0 Å². The zero-order chi connectivity index (χ0) is 10.9. The number of halogens is 3.